The number of H-pyrrole nitrogens is 1. The van der Waals surface area contributed by atoms with Gasteiger partial charge in [-0.1, -0.05) is 35.9 Å². The number of carbonyl (C=O) groups is 2. The first kappa shape index (κ1) is 18.9. The standard InChI is InChI=1S/C23H18ClN3O2/c1-13-5-3-8-18(24)21(13)22-26-19-10-9-16(12-20(19)27-22)23(29)25-17-7-4-6-15(11-17)14(2)28/h3-12H,1-2H3,(H,25,29)(H,26,27). The van der Waals surface area contributed by atoms with Crippen LogP contribution < -0.4 is 5.32 Å². The van der Waals surface area contributed by atoms with Gasteiger partial charge in [0, 0.05) is 22.4 Å². The molecule has 0 unspecified atom stereocenters. The number of anilines is 1. The molecule has 0 spiro atoms. The van der Waals surface area contributed by atoms with Crippen molar-refractivity contribution in [1.82, 2.24) is 9.97 Å². The molecule has 0 atom stereocenters. The van der Waals surface area contributed by atoms with Crippen molar-refractivity contribution in [3.8, 4) is 11.4 Å². The molecule has 144 valence electrons. The van der Waals surface area contributed by atoms with Gasteiger partial charge >= 0.3 is 0 Å². The van der Waals surface area contributed by atoms with Crippen LogP contribution >= 0.6 is 11.6 Å². The first-order chi connectivity index (χ1) is 13.9. The predicted octanol–water partition coefficient (Wildman–Crippen LogP) is 5.65. The number of rotatable bonds is 4. The molecule has 0 radical (unpaired) electrons. The van der Waals surface area contributed by atoms with Crippen molar-refractivity contribution in [1.29, 1.82) is 0 Å². The highest BCUT2D eigenvalue weighted by Crippen LogP contribution is 2.30. The lowest BCUT2D eigenvalue weighted by molar-refractivity contribution is 0.101. The highest BCUT2D eigenvalue weighted by Gasteiger charge is 2.14. The number of imidazole rings is 1. The summed E-state index contributed by atoms with van der Waals surface area (Å²) in [5.74, 6) is 0.342. The summed E-state index contributed by atoms with van der Waals surface area (Å²) < 4.78 is 0. The van der Waals surface area contributed by atoms with E-state index in [0.29, 0.717) is 27.7 Å². The Labute approximate surface area is 172 Å². The number of ketones is 1. The number of hydrogen-bond acceptors (Lipinski definition) is 3. The molecule has 1 heterocycles. The SMILES string of the molecule is CC(=O)c1cccc(NC(=O)c2ccc3nc(-c4c(C)cccc4Cl)[nH]c3c2)c1. The normalized spacial score (nSPS) is 10.9. The van der Waals surface area contributed by atoms with E-state index in [1.165, 1.54) is 6.92 Å². The summed E-state index contributed by atoms with van der Waals surface area (Å²) in [4.78, 5) is 32.1. The number of aryl methyl sites for hydroxylation is 1. The van der Waals surface area contributed by atoms with Crippen LogP contribution in [0, 0.1) is 6.92 Å². The molecule has 0 bridgehead atoms. The van der Waals surface area contributed by atoms with Gasteiger partial charge in [0.15, 0.2) is 5.78 Å². The van der Waals surface area contributed by atoms with Crippen molar-refractivity contribution in [3.63, 3.8) is 0 Å². The number of fused-ring (bicyclic) bond motifs is 1. The molecule has 1 aromatic heterocycles. The Hall–Kier alpha value is -3.44. The molecule has 6 heteroatoms. The summed E-state index contributed by atoms with van der Waals surface area (Å²) in [7, 11) is 0. The van der Waals surface area contributed by atoms with E-state index in [1.807, 2.05) is 25.1 Å². The quantitative estimate of drug-likeness (QED) is 0.432. The molecule has 4 rings (SSSR count). The number of hydrogen-bond donors (Lipinski definition) is 2. The van der Waals surface area contributed by atoms with Crippen molar-refractivity contribution in [2.45, 2.75) is 13.8 Å². The Morgan fingerprint density at radius 2 is 1.79 bits per heavy atom. The molecule has 2 N–H and O–H groups in total. The van der Waals surface area contributed by atoms with E-state index in [-0.39, 0.29) is 11.7 Å². The molecular formula is C23H18ClN3O2. The second-order valence-corrected chi connectivity index (χ2v) is 7.25. The van der Waals surface area contributed by atoms with Crippen LogP contribution in [0.2, 0.25) is 5.02 Å². The summed E-state index contributed by atoms with van der Waals surface area (Å²) in [6.45, 7) is 3.47. The van der Waals surface area contributed by atoms with Gasteiger partial charge in [-0.05, 0) is 55.8 Å². The fourth-order valence-corrected chi connectivity index (χ4v) is 3.53. The molecule has 0 saturated carbocycles. The molecule has 4 aromatic rings. The summed E-state index contributed by atoms with van der Waals surface area (Å²) in [5.41, 5.74) is 4.94. The number of amides is 1. The molecule has 5 nitrogen and oxygen atoms in total. The first-order valence-corrected chi connectivity index (χ1v) is 9.48. The maximum absolute atomic E-state index is 12.7. The Bertz CT molecular complexity index is 1240. The van der Waals surface area contributed by atoms with Crippen molar-refractivity contribution in [3.05, 3.63) is 82.4 Å². The number of carbonyl (C=O) groups excluding carboxylic acids is 2. The van der Waals surface area contributed by atoms with Gasteiger partial charge in [0.05, 0.1) is 16.1 Å². The molecule has 0 saturated heterocycles. The molecule has 29 heavy (non-hydrogen) atoms. The van der Waals surface area contributed by atoms with E-state index in [9.17, 15) is 9.59 Å². The molecule has 0 aliphatic heterocycles. The summed E-state index contributed by atoms with van der Waals surface area (Å²) >= 11 is 6.35. The lowest BCUT2D eigenvalue weighted by Crippen LogP contribution is -2.12. The molecule has 0 fully saturated rings. The second-order valence-electron chi connectivity index (χ2n) is 6.84. The Morgan fingerprint density at radius 1 is 1.00 bits per heavy atom. The van der Waals surface area contributed by atoms with Crippen LogP contribution in [0.25, 0.3) is 22.4 Å². The Kier molecular flexibility index (Phi) is 4.91. The van der Waals surface area contributed by atoms with Crippen LogP contribution in [0.1, 0.15) is 33.2 Å². The summed E-state index contributed by atoms with van der Waals surface area (Å²) in [5, 5.41) is 3.45. The summed E-state index contributed by atoms with van der Waals surface area (Å²) in [6.07, 6.45) is 0. The lowest BCUT2D eigenvalue weighted by atomic mass is 10.1. The zero-order valence-electron chi connectivity index (χ0n) is 15.9. The highest BCUT2D eigenvalue weighted by atomic mass is 35.5. The summed E-state index contributed by atoms with van der Waals surface area (Å²) in [6, 6.07) is 17.8. The number of aromatic nitrogens is 2. The van der Waals surface area contributed by atoms with Gasteiger partial charge in [-0.25, -0.2) is 4.98 Å². The molecule has 3 aromatic carbocycles. The lowest BCUT2D eigenvalue weighted by Gasteiger charge is -2.06. The fraction of sp³-hybridized carbons (Fsp3) is 0.0870. The first-order valence-electron chi connectivity index (χ1n) is 9.10. The van der Waals surface area contributed by atoms with Crippen molar-refractivity contribution in [2.75, 3.05) is 5.32 Å². The third-order valence-corrected chi connectivity index (χ3v) is 5.04. The molecular weight excluding hydrogens is 386 g/mol. The van der Waals surface area contributed by atoms with E-state index in [4.69, 9.17) is 11.6 Å². The minimum Gasteiger partial charge on any atom is -0.338 e. The van der Waals surface area contributed by atoms with Gasteiger partial charge in [-0.15, -0.1) is 0 Å². The third-order valence-electron chi connectivity index (χ3n) is 4.73. The van der Waals surface area contributed by atoms with E-state index >= 15 is 0 Å². The van der Waals surface area contributed by atoms with Crippen LogP contribution in [-0.4, -0.2) is 21.7 Å². The van der Waals surface area contributed by atoms with E-state index < -0.39 is 0 Å². The number of Topliss-reactive ketones (excluding diaryl/α,β-unsaturated/α-hetero) is 1. The van der Waals surface area contributed by atoms with Crippen LogP contribution in [0.5, 0.6) is 0 Å². The number of nitrogens with one attached hydrogen (secondary N) is 2. The van der Waals surface area contributed by atoms with E-state index in [1.54, 1.807) is 42.5 Å². The smallest absolute Gasteiger partial charge is 0.255 e. The Balaban J connectivity index is 1.65. The average Bonchev–Trinajstić information content (AvgIpc) is 3.10. The Morgan fingerprint density at radius 3 is 2.55 bits per heavy atom. The fourth-order valence-electron chi connectivity index (χ4n) is 3.22. The average molecular weight is 404 g/mol. The molecule has 1 amide bonds. The van der Waals surface area contributed by atoms with Crippen LogP contribution in [0.15, 0.2) is 60.7 Å². The monoisotopic (exact) mass is 403 g/mol. The van der Waals surface area contributed by atoms with Gasteiger partial charge in [0.1, 0.15) is 5.82 Å². The maximum Gasteiger partial charge on any atom is 0.255 e. The molecule has 0 aliphatic carbocycles. The topological polar surface area (TPSA) is 74.8 Å². The number of nitrogens with zero attached hydrogens (tertiary/aromatic N) is 1. The van der Waals surface area contributed by atoms with Gasteiger partial charge in [0.2, 0.25) is 0 Å². The van der Waals surface area contributed by atoms with Gasteiger partial charge < -0.3 is 10.3 Å². The van der Waals surface area contributed by atoms with Crippen LogP contribution in [0.4, 0.5) is 5.69 Å². The number of halogens is 1. The van der Waals surface area contributed by atoms with Crippen molar-refractivity contribution in [2.24, 2.45) is 0 Å². The van der Waals surface area contributed by atoms with Crippen molar-refractivity contribution >= 4 is 40.0 Å². The van der Waals surface area contributed by atoms with Crippen LogP contribution in [0.3, 0.4) is 0 Å². The van der Waals surface area contributed by atoms with Crippen molar-refractivity contribution < 1.29 is 9.59 Å². The zero-order chi connectivity index (χ0) is 20.5. The van der Waals surface area contributed by atoms with Crippen LogP contribution in [-0.2, 0) is 0 Å². The van der Waals surface area contributed by atoms with E-state index in [0.717, 1.165) is 22.2 Å². The van der Waals surface area contributed by atoms with Gasteiger partial charge in [-0.2, -0.15) is 0 Å². The highest BCUT2D eigenvalue weighted by molar-refractivity contribution is 6.33. The minimum atomic E-state index is -0.266. The zero-order valence-corrected chi connectivity index (χ0v) is 16.7. The maximum atomic E-state index is 12.7. The number of benzene rings is 3. The van der Waals surface area contributed by atoms with Gasteiger partial charge in [0.25, 0.3) is 5.91 Å². The predicted molar refractivity (Wildman–Crippen MR) is 116 cm³/mol. The third kappa shape index (κ3) is 3.77. The van der Waals surface area contributed by atoms with E-state index in [2.05, 4.69) is 15.3 Å². The van der Waals surface area contributed by atoms with Gasteiger partial charge in [-0.3, -0.25) is 9.59 Å². The minimum absolute atomic E-state index is 0.0534. The second kappa shape index (κ2) is 7.53. The largest absolute Gasteiger partial charge is 0.338 e. The molecule has 0 aliphatic rings. The number of aromatic amines is 1.